The number of para-hydroxylation sites is 2. The number of fused-ring (bicyclic) bond motifs is 1. The van der Waals surface area contributed by atoms with Crippen molar-refractivity contribution in [1.82, 2.24) is 0 Å². The first-order valence-corrected chi connectivity index (χ1v) is 9.66. The highest BCUT2D eigenvalue weighted by Gasteiger charge is 2.21. The molecule has 1 fully saturated rings. The number of anilines is 3. The van der Waals surface area contributed by atoms with Crippen molar-refractivity contribution in [1.29, 1.82) is 0 Å². The summed E-state index contributed by atoms with van der Waals surface area (Å²) in [5, 5.41) is 9.71. The van der Waals surface area contributed by atoms with E-state index >= 15 is 0 Å². The van der Waals surface area contributed by atoms with E-state index in [9.17, 15) is 9.59 Å². The van der Waals surface area contributed by atoms with E-state index in [2.05, 4.69) is 16.0 Å². The highest BCUT2D eigenvalue weighted by molar-refractivity contribution is 6.05. The molecule has 28 heavy (non-hydrogen) atoms. The van der Waals surface area contributed by atoms with Crippen molar-refractivity contribution in [3.8, 4) is 0 Å². The van der Waals surface area contributed by atoms with Crippen LogP contribution in [-0.4, -0.2) is 12.1 Å². The van der Waals surface area contributed by atoms with E-state index in [0.717, 1.165) is 31.1 Å². The third-order valence-electron chi connectivity index (χ3n) is 5.04. The zero-order valence-corrected chi connectivity index (χ0v) is 15.5. The first kappa shape index (κ1) is 18.1. The van der Waals surface area contributed by atoms with E-state index in [1.807, 2.05) is 36.4 Å². The minimum absolute atomic E-state index is 0.137. The van der Waals surface area contributed by atoms with Gasteiger partial charge in [0.25, 0.3) is 0 Å². The summed E-state index contributed by atoms with van der Waals surface area (Å²) in [5.74, 6) is 0. The lowest BCUT2D eigenvalue weighted by atomic mass is 9.95. The smallest absolute Gasteiger partial charge is 0.362 e. The fourth-order valence-corrected chi connectivity index (χ4v) is 3.66. The van der Waals surface area contributed by atoms with Gasteiger partial charge in [0.05, 0.1) is 5.69 Å². The molecule has 0 saturated heterocycles. The minimum atomic E-state index is -0.569. The number of rotatable bonds is 4. The van der Waals surface area contributed by atoms with Crippen LogP contribution in [0.15, 0.2) is 63.8 Å². The minimum Gasteiger partial charge on any atom is -0.421 e. The first-order valence-electron chi connectivity index (χ1n) is 9.66. The Bertz CT molecular complexity index is 1020. The van der Waals surface area contributed by atoms with Gasteiger partial charge in [-0.25, -0.2) is 9.59 Å². The zero-order chi connectivity index (χ0) is 19.3. The van der Waals surface area contributed by atoms with Gasteiger partial charge >= 0.3 is 11.7 Å². The van der Waals surface area contributed by atoms with Crippen LogP contribution in [-0.2, 0) is 0 Å². The molecule has 1 saturated carbocycles. The van der Waals surface area contributed by atoms with Crippen molar-refractivity contribution in [3.63, 3.8) is 0 Å². The summed E-state index contributed by atoms with van der Waals surface area (Å²) in [5.41, 5.74) is 1.34. The molecule has 3 N–H and O–H groups in total. The van der Waals surface area contributed by atoms with Crippen LogP contribution in [0.25, 0.3) is 11.0 Å². The molecule has 1 heterocycles. The summed E-state index contributed by atoms with van der Waals surface area (Å²) >= 11 is 0. The molecular formula is C22H23N3O3. The van der Waals surface area contributed by atoms with Gasteiger partial charge in [-0.1, -0.05) is 49.6 Å². The fourth-order valence-electron chi connectivity index (χ4n) is 3.66. The Hall–Kier alpha value is -3.28. The lowest BCUT2D eigenvalue weighted by Gasteiger charge is -2.25. The summed E-state index contributed by atoms with van der Waals surface area (Å²) < 4.78 is 5.44. The van der Waals surface area contributed by atoms with Crippen molar-refractivity contribution in [2.75, 3.05) is 16.0 Å². The van der Waals surface area contributed by atoms with Crippen LogP contribution in [0.2, 0.25) is 0 Å². The van der Waals surface area contributed by atoms with Gasteiger partial charge in [0, 0.05) is 17.1 Å². The maximum atomic E-state index is 12.6. The molecule has 0 radical (unpaired) electrons. The molecule has 0 atom stereocenters. The number of amides is 2. The maximum Gasteiger partial charge on any atom is 0.362 e. The number of urea groups is 1. The van der Waals surface area contributed by atoms with Crippen LogP contribution in [0.4, 0.5) is 21.9 Å². The maximum absolute atomic E-state index is 12.6. The molecule has 3 aromatic rings. The Kier molecular flexibility index (Phi) is 5.28. The van der Waals surface area contributed by atoms with Crippen LogP contribution in [0.3, 0.4) is 0 Å². The number of benzene rings is 2. The van der Waals surface area contributed by atoms with Crippen LogP contribution >= 0.6 is 0 Å². The molecule has 4 rings (SSSR count). The Morgan fingerprint density at radius 3 is 2.36 bits per heavy atom. The van der Waals surface area contributed by atoms with E-state index < -0.39 is 11.7 Å². The molecule has 0 bridgehead atoms. The van der Waals surface area contributed by atoms with Gasteiger partial charge in [0.15, 0.2) is 5.69 Å². The molecule has 2 amide bonds. The second-order valence-electron chi connectivity index (χ2n) is 7.06. The monoisotopic (exact) mass is 377 g/mol. The second-order valence-corrected chi connectivity index (χ2v) is 7.06. The number of hydrogen-bond donors (Lipinski definition) is 3. The standard InChI is InChI=1S/C22H23N3O3/c26-21-20(25-22(27)24-16-11-5-2-6-12-16)19(23-15-9-3-1-4-10-15)17-13-7-8-14-18(17)28-21/h2,5-8,11-15,23H,1,3-4,9-10H2,(H2,24,25,27). The van der Waals surface area contributed by atoms with Crippen molar-refractivity contribution in [2.24, 2.45) is 0 Å². The highest BCUT2D eigenvalue weighted by atomic mass is 16.4. The van der Waals surface area contributed by atoms with E-state index in [1.54, 1.807) is 18.2 Å². The quantitative estimate of drug-likeness (QED) is 0.547. The predicted molar refractivity (Wildman–Crippen MR) is 112 cm³/mol. The van der Waals surface area contributed by atoms with E-state index in [4.69, 9.17) is 4.42 Å². The normalized spacial score (nSPS) is 14.6. The second kappa shape index (κ2) is 8.17. The van der Waals surface area contributed by atoms with Crippen molar-refractivity contribution >= 4 is 34.1 Å². The largest absolute Gasteiger partial charge is 0.421 e. The van der Waals surface area contributed by atoms with Gasteiger partial charge in [-0.3, -0.25) is 5.32 Å². The third kappa shape index (κ3) is 4.01. The molecule has 1 aliphatic carbocycles. The van der Waals surface area contributed by atoms with Gasteiger partial charge in [-0.05, 0) is 37.1 Å². The first-order chi connectivity index (χ1) is 13.7. The molecule has 0 spiro atoms. The number of carbonyl (C=O) groups excluding carboxylic acids is 1. The Morgan fingerprint density at radius 2 is 1.57 bits per heavy atom. The molecular weight excluding hydrogens is 354 g/mol. The van der Waals surface area contributed by atoms with Gasteiger partial charge < -0.3 is 15.1 Å². The van der Waals surface area contributed by atoms with Gasteiger partial charge in [0.2, 0.25) is 0 Å². The van der Waals surface area contributed by atoms with E-state index in [0.29, 0.717) is 17.0 Å². The average molecular weight is 377 g/mol. The fraction of sp³-hybridized carbons (Fsp3) is 0.273. The Morgan fingerprint density at radius 1 is 0.857 bits per heavy atom. The Balaban J connectivity index is 1.67. The van der Waals surface area contributed by atoms with Gasteiger partial charge in [-0.15, -0.1) is 0 Å². The average Bonchev–Trinajstić information content (AvgIpc) is 2.72. The molecule has 6 heteroatoms. The molecule has 6 nitrogen and oxygen atoms in total. The van der Waals surface area contributed by atoms with Gasteiger partial charge in [-0.2, -0.15) is 0 Å². The summed E-state index contributed by atoms with van der Waals surface area (Å²) in [6, 6.07) is 16.2. The summed E-state index contributed by atoms with van der Waals surface area (Å²) in [4.78, 5) is 25.1. The van der Waals surface area contributed by atoms with Gasteiger partial charge in [0.1, 0.15) is 5.58 Å². The number of carbonyl (C=O) groups is 1. The van der Waals surface area contributed by atoms with Crippen molar-refractivity contribution < 1.29 is 9.21 Å². The summed E-state index contributed by atoms with van der Waals surface area (Å²) in [6.45, 7) is 0. The molecule has 144 valence electrons. The zero-order valence-electron chi connectivity index (χ0n) is 15.5. The van der Waals surface area contributed by atoms with E-state index in [1.165, 1.54) is 6.42 Å². The molecule has 1 aromatic heterocycles. The van der Waals surface area contributed by atoms with E-state index in [-0.39, 0.29) is 11.7 Å². The van der Waals surface area contributed by atoms with Crippen LogP contribution in [0.1, 0.15) is 32.1 Å². The van der Waals surface area contributed by atoms with Crippen LogP contribution in [0.5, 0.6) is 0 Å². The topological polar surface area (TPSA) is 83.4 Å². The molecule has 0 aliphatic heterocycles. The summed E-state index contributed by atoms with van der Waals surface area (Å²) in [6.07, 6.45) is 5.65. The van der Waals surface area contributed by atoms with Crippen LogP contribution < -0.4 is 21.6 Å². The third-order valence-corrected chi connectivity index (χ3v) is 5.04. The van der Waals surface area contributed by atoms with Crippen molar-refractivity contribution in [2.45, 2.75) is 38.1 Å². The van der Waals surface area contributed by atoms with Crippen molar-refractivity contribution in [3.05, 3.63) is 65.0 Å². The number of nitrogens with one attached hydrogen (secondary N) is 3. The van der Waals surface area contributed by atoms with Crippen LogP contribution in [0, 0.1) is 0 Å². The number of hydrogen-bond acceptors (Lipinski definition) is 4. The SMILES string of the molecule is O=C(Nc1ccccc1)Nc1c(NC2CCCCC2)c2ccccc2oc1=O. The predicted octanol–water partition coefficient (Wildman–Crippen LogP) is 5.18. The lowest BCUT2D eigenvalue weighted by molar-refractivity contribution is 0.262. The Labute approximate surface area is 162 Å². The highest BCUT2D eigenvalue weighted by Crippen LogP contribution is 2.31. The summed E-state index contributed by atoms with van der Waals surface area (Å²) in [7, 11) is 0. The molecule has 2 aromatic carbocycles. The molecule has 1 aliphatic rings. The lowest BCUT2D eigenvalue weighted by Crippen LogP contribution is -2.27. The molecule has 0 unspecified atom stereocenters.